The van der Waals surface area contributed by atoms with Gasteiger partial charge >= 0.3 is 7.32 Å². The highest BCUT2D eigenvalue weighted by atomic mass is 16.7. The van der Waals surface area contributed by atoms with E-state index < -0.39 is 13.4 Å². The van der Waals surface area contributed by atoms with Gasteiger partial charge in [0, 0.05) is 0 Å². The minimum absolute atomic E-state index is 0.0560. The largest absolute Gasteiger partial charge is 0.785 e. The van der Waals surface area contributed by atoms with Crippen molar-refractivity contribution in [3.63, 3.8) is 0 Å². The van der Waals surface area contributed by atoms with Crippen LogP contribution >= 0.6 is 0 Å². The van der Waals surface area contributed by atoms with E-state index in [4.69, 9.17) is 14.0 Å². The first kappa shape index (κ1) is 30.1. The van der Waals surface area contributed by atoms with E-state index in [0.717, 1.165) is 12.8 Å². The van der Waals surface area contributed by atoms with E-state index >= 15 is 0 Å². The van der Waals surface area contributed by atoms with Crippen molar-refractivity contribution in [2.75, 3.05) is 6.61 Å². The highest BCUT2D eigenvalue weighted by Crippen LogP contribution is 2.25. The zero-order valence-corrected chi connectivity index (χ0v) is 22.9. The van der Waals surface area contributed by atoms with Crippen molar-refractivity contribution in [2.24, 2.45) is 0 Å². The van der Waals surface area contributed by atoms with Gasteiger partial charge in [-0.25, -0.2) is 0 Å². The summed E-state index contributed by atoms with van der Waals surface area (Å²) in [6, 6.07) is 14.5. The SMILES string of the molecule is CCCCCCCCCCCCC(O)COc1ccc(OB(O)Oc2ccc(C(C)(C)C)cc2)cc1. The van der Waals surface area contributed by atoms with Crippen molar-refractivity contribution < 1.29 is 24.2 Å². The molecule has 200 valence electrons. The molecule has 2 aromatic carbocycles. The molecule has 1 unspecified atom stereocenters. The van der Waals surface area contributed by atoms with Gasteiger partial charge in [-0.3, -0.25) is 0 Å². The fourth-order valence-electron chi connectivity index (χ4n) is 4.05. The Morgan fingerprint density at radius 2 is 1.14 bits per heavy atom. The summed E-state index contributed by atoms with van der Waals surface area (Å²) in [5.74, 6) is 1.65. The Hall–Kier alpha value is -2.18. The van der Waals surface area contributed by atoms with Gasteiger partial charge in [-0.15, -0.1) is 0 Å². The van der Waals surface area contributed by atoms with Crippen LogP contribution in [0.15, 0.2) is 48.5 Å². The van der Waals surface area contributed by atoms with E-state index in [9.17, 15) is 10.1 Å². The summed E-state index contributed by atoms with van der Waals surface area (Å²) in [6.45, 7) is 8.96. The van der Waals surface area contributed by atoms with Crippen LogP contribution < -0.4 is 14.0 Å². The van der Waals surface area contributed by atoms with Gasteiger partial charge in [0.05, 0.1) is 6.10 Å². The molecule has 0 saturated heterocycles. The van der Waals surface area contributed by atoms with Crippen LogP contribution in [0.4, 0.5) is 0 Å². The average molecular weight is 499 g/mol. The molecule has 0 aliphatic carbocycles. The lowest BCUT2D eigenvalue weighted by atomic mass is 9.87. The third-order valence-electron chi connectivity index (χ3n) is 6.35. The molecule has 0 amide bonds. The lowest BCUT2D eigenvalue weighted by Crippen LogP contribution is -2.29. The highest BCUT2D eigenvalue weighted by Gasteiger charge is 2.22. The van der Waals surface area contributed by atoms with Gasteiger partial charge in [0.25, 0.3) is 0 Å². The van der Waals surface area contributed by atoms with Crippen LogP contribution in [0, 0.1) is 0 Å². The lowest BCUT2D eigenvalue weighted by molar-refractivity contribution is 0.0974. The third kappa shape index (κ3) is 12.7. The van der Waals surface area contributed by atoms with Crippen molar-refractivity contribution in [3.05, 3.63) is 54.1 Å². The number of ether oxygens (including phenoxy) is 1. The van der Waals surface area contributed by atoms with Crippen molar-refractivity contribution in [2.45, 2.75) is 110 Å². The van der Waals surface area contributed by atoms with Crippen LogP contribution in [-0.2, 0) is 5.41 Å². The zero-order chi connectivity index (χ0) is 26.2. The van der Waals surface area contributed by atoms with Crippen LogP contribution in [-0.4, -0.2) is 30.2 Å². The van der Waals surface area contributed by atoms with Gasteiger partial charge in [-0.1, -0.05) is 104 Å². The highest BCUT2D eigenvalue weighted by molar-refractivity contribution is 6.36. The molecule has 1 atom stereocenters. The van der Waals surface area contributed by atoms with Crippen molar-refractivity contribution >= 4 is 7.32 Å². The van der Waals surface area contributed by atoms with Gasteiger partial charge in [0.2, 0.25) is 0 Å². The summed E-state index contributed by atoms with van der Waals surface area (Å²) < 4.78 is 16.6. The zero-order valence-electron chi connectivity index (χ0n) is 22.9. The van der Waals surface area contributed by atoms with E-state index in [2.05, 4.69) is 27.7 Å². The Morgan fingerprint density at radius 3 is 1.64 bits per heavy atom. The molecule has 6 heteroatoms. The van der Waals surface area contributed by atoms with Crippen molar-refractivity contribution in [3.8, 4) is 17.2 Å². The molecule has 2 N–H and O–H groups in total. The molecule has 2 aromatic rings. The number of unbranched alkanes of at least 4 members (excludes halogenated alkanes) is 9. The summed E-state index contributed by atoms with van der Waals surface area (Å²) >= 11 is 0. The number of rotatable bonds is 18. The molecule has 0 heterocycles. The second-order valence-electron chi connectivity index (χ2n) is 10.7. The van der Waals surface area contributed by atoms with Crippen molar-refractivity contribution in [1.29, 1.82) is 0 Å². The maximum atomic E-state index is 10.2. The molecule has 0 radical (unpaired) electrons. The van der Waals surface area contributed by atoms with E-state index in [-0.39, 0.29) is 12.0 Å². The minimum Gasteiger partial charge on any atom is -0.501 e. The van der Waals surface area contributed by atoms with E-state index in [1.54, 1.807) is 24.3 Å². The quantitative estimate of drug-likeness (QED) is 0.165. The molecule has 0 bridgehead atoms. The second-order valence-corrected chi connectivity index (χ2v) is 10.7. The predicted molar refractivity (Wildman–Crippen MR) is 149 cm³/mol. The standard InChI is InChI=1S/C30H47BO5/c1-5-6-7-8-9-10-11-12-13-14-15-26(32)24-34-27-20-22-29(23-21-27)36-31(33)35-28-18-16-25(17-19-28)30(2,3)4/h16-23,26,32-33H,5-15,24H2,1-4H3. The first-order valence-electron chi connectivity index (χ1n) is 13.8. The van der Waals surface area contributed by atoms with E-state index in [0.29, 0.717) is 17.2 Å². The molecular weight excluding hydrogens is 451 g/mol. The summed E-state index contributed by atoms with van der Waals surface area (Å²) in [5, 5.41) is 20.3. The van der Waals surface area contributed by atoms with Gasteiger partial charge in [-0.2, -0.15) is 0 Å². The third-order valence-corrected chi connectivity index (χ3v) is 6.35. The fraction of sp³-hybridized carbons (Fsp3) is 0.600. The fourth-order valence-corrected chi connectivity index (χ4v) is 4.05. The van der Waals surface area contributed by atoms with Gasteiger partial charge in [0.1, 0.15) is 23.9 Å². The molecule has 2 rings (SSSR count). The van der Waals surface area contributed by atoms with E-state index in [1.165, 1.54) is 63.4 Å². The van der Waals surface area contributed by atoms with Crippen LogP contribution in [0.5, 0.6) is 17.2 Å². The Morgan fingerprint density at radius 1 is 0.694 bits per heavy atom. The van der Waals surface area contributed by atoms with Gasteiger partial charge in [-0.05, 0) is 53.8 Å². The lowest BCUT2D eigenvalue weighted by Gasteiger charge is -2.19. The summed E-state index contributed by atoms with van der Waals surface area (Å²) in [6.07, 6.45) is 13.2. The molecule has 0 fully saturated rings. The Bertz CT molecular complexity index is 817. The topological polar surface area (TPSA) is 68.2 Å². The Balaban J connectivity index is 1.58. The summed E-state index contributed by atoms with van der Waals surface area (Å²) in [5.41, 5.74) is 1.25. The molecule has 0 aromatic heterocycles. The summed E-state index contributed by atoms with van der Waals surface area (Å²) in [4.78, 5) is 0. The monoisotopic (exact) mass is 498 g/mol. The maximum Gasteiger partial charge on any atom is 0.785 e. The van der Waals surface area contributed by atoms with Crippen LogP contribution in [0.3, 0.4) is 0 Å². The smallest absolute Gasteiger partial charge is 0.501 e. The second kappa shape index (κ2) is 16.5. The molecule has 36 heavy (non-hydrogen) atoms. The molecule has 0 aliphatic heterocycles. The molecule has 0 spiro atoms. The van der Waals surface area contributed by atoms with Crippen LogP contribution in [0.25, 0.3) is 0 Å². The van der Waals surface area contributed by atoms with Crippen LogP contribution in [0.2, 0.25) is 0 Å². The molecule has 0 saturated carbocycles. The van der Waals surface area contributed by atoms with E-state index in [1.807, 2.05) is 24.3 Å². The number of aliphatic hydroxyl groups is 1. The summed E-state index contributed by atoms with van der Waals surface area (Å²) in [7, 11) is -1.42. The molecule has 0 aliphatic rings. The van der Waals surface area contributed by atoms with Gasteiger partial charge < -0.3 is 24.2 Å². The Labute approximate surface area is 219 Å². The average Bonchev–Trinajstić information content (AvgIpc) is 2.84. The number of hydrogen-bond acceptors (Lipinski definition) is 5. The minimum atomic E-state index is -1.42. The number of benzene rings is 2. The normalized spacial score (nSPS) is 12.3. The van der Waals surface area contributed by atoms with Crippen LogP contribution in [0.1, 0.15) is 104 Å². The van der Waals surface area contributed by atoms with Gasteiger partial charge in [0.15, 0.2) is 0 Å². The van der Waals surface area contributed by atoms with Crippen molar-refractivity contribution in [1.82, 2.24) is 0 Å². The number of aliphatic hydroxyl groups excluding tert-OH is 1. The molecular formula is C30H47BO5. The Kier molecular flexibility index (Phi) is 13.8. The maximum absolute atomic E-state index is 10.2. The molecule has 5 nitrogen and oxygen atoms in total. The predicted octanol–water partition coefficient (Wildman–Crippen LogP) is 7.47. The first-order chi connectivity index (χ1) is 17.3. The first-order valence-corrected chi connectivity index (χ1v) is 13.8. The number of hydrogen-bond donors (Lipinski definition) is 2.